The molecule has 128 valence electrons. The molecule has 0 aliphatic rings. The number of benzene rings is 1. The van der Waals surface area contributed by atoms with Gasteiger partial charge in [-0.2, -0.15) is 0 Å². The fraction of sp³-hybridized carbons (Fsp3) is 0.529. The molecule has 0 spiro atoms. The van der Waals surface area contributed by atoms with E-state index in [9.17, 15) is 9.59 Å². The number of carbonyl (C=O) groups is 2. The predicted molar refractivity (Wildman–Crippen MR) is 92.9 cm³/mol. The molecule has 1 N–H and O–H groups in total. The van der Waals surface area contributed by atoms with Gasteiger partial charge in [-0.25, -0.2) is 0 Å². The topological polar surface area (TPSA) is 58.6 Å². The summed E-state index contributed by atoms with van der Waals surface area (Å²) in [4.78, 5) is 26.3. The van der Waals surface area contributed by atoms with Gasteiger partial charge in [-0.15, -0.1) is 0 Å². The second-order valence-electron chi connectivity index (χ2n) is 6.30. The summed E-state index contributed by atoms with van der Waals surface area (Å²) in [5.41, 5.74) is 0.382. The van der Waals surface area contributed by atoms with Crippen molar-refractivity contribution < 1.29 is 14.3 Å². The summed E-state index contributed by atoms with van der Waals surface area (Å²) in [5, 5.41) is 3.04. The number of halogens is 1. The number of anilines is 1. The molecule has 0 radical (unpaired) electrons. The van der Waals surface area contributed by atoms with Crippen molar-refractivity contribution in [3.05, 3.63) is 23.2 Å². The van der Waals surface area contributed by atoms with Crippen LogP contribution in [0.15, 0.2) is 18.2 Å². The van der Waals surface area contributed by atoms with Crippen molar-refractivity contribution in [2.75, 3.05) is 25.5 Å². The fourth-order valence-corrected chi connectivity index (χ4v) is 2.39. The third kappa shape index (κ3) is 6.10. The highest BCUT2D eigenvalue weighted by Crippen LogP contribution is 2.27. The standard InChI is InChI=1S/C17H25ClN2O3/c1-11(2)9-20(10-12(3)4)17(22)16(21)19-14-8-13(18)6-7-15(14)23-5/h6-8,11-12H,9-10H2,1-5H3,(H,19,21). The van der Waals surface area contributed by atoms with Gasteiger partial charge < -0.3 is 15.0 Å². The number of hydrogen-bond acceptors (Lipinski definition) is 3. The van der Waals surface area contributed by atoms with Gasteiger partial charge in [0.05, 0.1) is 12.8 Å². The highest BCUT2D eigenvalue weighted by atomic mass is 35.5. The van der Waals surface area contributed by atoms with E-state index < -0.39 is 11.8 Å². The Labute approximate surface area is 142 Å². The van der Waals surface area contributed by atoms with E-state index in [1.807, 2.05) is 27.7 Å². The third-order valence-corrected chi connectivity index (χ3v) is 3.30. The summed E-state index contributed by atoms with van der Waals surface area (Å²) in [6.45, 7) is 9.13. The zero-order chi connectivity index (χ0) is 17.6. The molecule has 0 fully saturated rings. The number of amides is 2. The van der Waals surface area contributed by atoms with Gasteiger partial charge in [-0.05, 0) is 30.0 Å². The molecule has 1 rings (SSSR count). The largest absolute Gasteiger partial charge is 0.495 e. The summed E-state index contributed by atoms with van der Waals surface area (Å²) in [6.07, 6.45) is 0. The van der Waals surface area contributed by atoms with Gasteiger partial charge in [0.25, 0.3) is 0 Å². The molecule has 0 saturated carbocycles. The highest BCUT2D eigenvalue weighted by Gasteiger charge is 2.24. The average Bonchev–Trinajstić information content (AvgIpc) is 2.45. The lowest BCUT2D eigenvalue weighted by atomic mass is 10.1. The Morgan fingerprint density at radius 3 is 2.22 bits per heavy atom. The summed E-state index contributed by atoms with van der Waals surface area (Å²) in [6, 6.07) is 4.85. The van der Waals surface area contributed by atoms with Crippen LogP contribution in [0.25, 0.3) is 0 Å². The van der Waals surface area contributed by atoms with Crippen molar-refractivity contribution in [2.24, 2.45) is 11.8 Å². The Hall–Kier alpha value is -1.75. The Bertz CT molecular complexity index is 549. The number of nitrogens with one attached hydrogen (secondary N) is 1. The average molecular weight is 341 g/mol. The molecule has 0 atom stereocenters. The van der Waals surface area contributed by atoms with Crippen LogP contribution in [0.2, 0.25) is 5.02 Å². The van der Waals surface area contributed by atoms with Crippen LogP contribution in [0.1, 0.15) is 27.7 Å². The molecule has 0 bridgehead atoms. The van der Waals surface area contributed by atoms with Crippen LogP contribution in [0.3, 0.4) is 0 Å². The van der Waals surface area contributed by atoms with Gasteiger partial charge in [0.15, 0.2) is 0 Å². The minimum absolute atomic E-state index is 0.284. The van der Waals surface area contributed by atoms with Gasteiger partial charge in [0.1, 0.15) is 5.75 Å². The predicted octanol–water partition coefficient (Wildman–Crippen LogP) is 3.43. The zero-order valence-electron chi connectivity index (χ0n) is 14.4. The van der Waals surface area contributed by atoms with E-state index in [1.54, 1.807) is 23.1 Å². The lowest BCUT2D eigenvalue weighted by Gasteiger charge is -2.25. The number of hydrogen-bond donors (Lipinski definition) is 1. The number of carbonyl (C=O) groups excluding carboxylic acids is 2. The van der Waals surface area contributed by atoms with Crippen LogP contribution in [-0.2, 0) is 9.59 Å². The molecule has 0 heterocycles. The molecule has 1 aromatic carbocycles. The van der Waals surface area contributed by atoms with Gasteiger partial charge in [0.2, 0.25) is 0 Å². The minimum atomic E-state index is -0.688. The van der Waals surface area contributed by atoms with Crippen molar-refractivity contribution in [1.29, 1.82) is 0 Å². The van der Waals surface area contributed by atoms with Crippen molar-refractivity contribution in [1.82, 2.24) is 4.90 Å². The lowest BCUT2D eigenvalue weighted by Crippen LogP contribution is -2.43. The van der Waals surface area contributed by atoms with E-state index >= 15 is 0 Å². The second-order valence-corrected chi connectivity index (χ2v) is 6.73. The summed E-state index contributed by atoms with van der Waals surface area (Å²) in [5.74, 6) is -0.214. The maximum atomic E-state index is 12.4. The number of nitrogens with zero attached hydrogens (tertiary/aromatic N) is 1. The minimum Gasteiger partial charge on any atom is -0.495 e. The molecule has 23 heavy (non-hydrogen) atoms. The molecule has 6 heteroatoms. The highest BCUT2D eigenvalue weighted by molar-refractivity contribution is 6.40. The number of methoxy groups -OCH3 is 1. The third-order valence-electron chi connectivity index (χ3n) is 3.06. The van der Waals surface area contributed by atoms with Crippen LogP contribution in [0.4, 0.5) is 5.69 Å². The molecule has 5 nitrogen and oxygen atoms in total. The maximum absolute atomic E-state index is 12.4. The summed E-state index contributed by atoms with van der Waals surface area (Å²) >= 11 is 5.93. The van der Waals surface area contributed by atoms with Gasteiger partial charge in [-0.1, -0.05) is 39.3 Å². The maximum Gasteiger partial charge on any atom is 0.314 e. The van der Waals surface area contributed by atoms with E-state index in [0.717, 1.165) is 0 Å². The Kier molecular flexibility index (Phi) is 7.36. The first-order chi connectivity index (χ1) is 10.7. The SMILES string of the molecule is COc1ccc(Cl)cc1NC(=O)C(=O)N(CC(C)C)CC(C)C. The Balaban J connectivity index is 2.89. The smallest absolute Gasteiger partial charge is 0.314 e. The van der Waals surface area contributed by atoms with Crippen molar-refractivity contribution >= 4 is 29.1 Å². The quantitative estimate of drug-likeness (QED) is 0.807. The van der Waals surface area contributed by atoms with Crippen molar-refractivity contribution in [3.63, 3.8) is 0 Å². The molecule has 0 aliphatic carbocycles. The van der Waals surface area contributed by atoms with Crippen molar-refractivity contribution in [2.45, 2.75) is 27.7 Å². The van der Waals surface area contributed by atoms with E-state index in [4.69, 9.17) is 16.3 Å². The van der Waals surface area contributed by atoms with Crippen LogP contribution in [0.5, 0.6) is 5.75 Å². The molecule has 2 amide bonds. The molecule has 0 aliphatic heterocycles. The van der Waals surface area contributed by atoms with E-state index in [2.05, 4.69) is 5.32 Å². The molecular weight excluding hydrogens is 316 g/mol. The fourth-order valence-electron chi connectivity index (χ4n) is 2.22. The Morgan fingerprint density at radius 1 is 1.17 bits per heavy atom. The summed E-state index contributed by atoms with van der Waals surface area (Å²) < 4.78 is 5.17. The molecular formula is C17H25ClN2O3. The first-order valence-electron chi connectivity index (χ1n) is 7.68. The van der Waals surface area contributed by atoms with Crippen LogP contribution in [-0.4, -0.2) is 36.9 Å². The van der Waals surface area contributed by atoms with E-state index in [-0.39, 0.29) is 11.8 Å². The van der Waals surface area contributed by atoms with Gasteiger partial charge >= 0.3 is 11.8 Å². The van der Waals surface area contributed by atoms with Gasteiger partial charge in [0, 0.05) is 18.1 Å². The number of rotatable bonds is 6. The molecule has 0 saturated heterocycles. The first kappa shape index (κ1) is 19.3. The summed E-state index contributed by atoms with van der Waals surface area (Å²) in [7, 11) is 1.49. The second kappa shape index (κ2) is 8.77. The Morgan fingerprint density at radius 2 is 1.74 bits per heavy atom. The van der Waals surface area contributed by atoms with Crippen molar-refractivity contribution in [3.8, 4) is 5.75 Å². The number of ether oxygens (including phenoxy) is 1. The zero-order valence-corrected chi connectivity index (χ0v) is 15.1. The molecule has 1 aromatic rings. The van der Waals surface area contributed by atoms with Crippen LogP contribution < -0.4 is 10.1 Å². The normalized spacial score (nSPS) is 10.8. The van der Waals surface area contributed by atoms with E-state index in [0.29, 0.717) is 29.5 Å². The van der Waals surface area contributed by atoms with Crippen LogP contribution >= 0.6 is 11.6 Å². The monoisotopic (exact) mass is 340 g/mol. The lowest BCUT2D eigenvalue weighted by molar-refractivity contribution is -0.143. The van der Waals surface area contributed by atoms with Gasteiger partial charge in [-0.3, -0.25) is 9.59 Å². The van der Waals surface area contributed by atoms with Crippen LogP contribution in [0, 0.1) is 11.8 Å². The van der Waals surface area contributed by atoms with E-state index in [1.165, 1.54) is 7.11 Å². The molecule has 0 unspecified atom stereocenters. The molecule has 0 aromatic heterocycles. The first-order valence-corrected chi connectivity index (χ1v) is 8.06.